The molecule has 1 fully saturated rings. The van der Waals surface area contributed by atoms with Crippen molar-refractivity contribution in [3.63, 3.8) is 0 Å². The largest absolute Gasteiger partial charge is 0.451 e. The van der Waals surface area contributed by atoms with Crippen LogP contribution in [0.5, 0.6) is 0 Å². The van der Waals surface area contributed by atoms with E-state index in [1.807, 2.05) is 13.8 Å². The quantitative estimate of drug-likeness (QED) is 0.748. The molecule has 27 heavy (non-hydrogen) atoms. The van der Waals surface area contributed by atoms with Crippen molar-refractivity contribution in [3.8, 4) is 0 Å². The molecule has 1 saturated heterocycles. The number of hydrogen-bond acceptors (Lipinski definition) is 6. The minimum Gasteiger partial charge on any atom is -0.451 e. The normalized spacial score (nSPS) is 19.9. The Balaban J connectivity index is 1.78. The van der Waals surface area contributed by atoms with Gasteiger partial charge < -0.3 is 14.4 Å². The molecule has 8 heteroatoms. The fraction of sp³-hybridized carbons (Fsp3) is 0.474. The molecule has 0 spiro atoms. The van der Waals surface area contributed by atoms with Gasteiger partial charge in [0, 0.05) is 25.0 Å². The topological polar surface area (TPSA) is 90.7 Å². The molecule has 2 aromatic rings. The molecular weight excluding hydrogens is 350 g/mol. The maximum atomic E-state index is 12.6. The second-order valence-corrected chi connectivity index (χ2v) is 6.65. The fourth-order valence-corrected chi connectivity index (χ4v) is 3.27. The predicted molar refractivity (Wildman–Crippen MR) is 98.5 cm³/mol. The third-order valence-electron chi connectivity index (χ3n) is 4.46. The first-order valence-corrected chi connectivity index (χ1v) is 9.01. The van der Waals surface area contributed by atoms with Crippen LogP contribution in [0.25, 0.3) is 10.8 Å². The van der Waals surface area contributed by atoms with Crippen LogP contribution in [-0.2, 0) is 20.8 Å². The van der Waals surface area contributed by atoms with Crippen molar-refractivity contribution in [1.82, 2.24) is 14.7 Å². The molecule has 0 bridgehead atoms. The van der Waals surface area contributed by atoms with Gasteiger partial charge in [0.2, 0.25) is 0 Å². The molecule has 1 aromatic heterocycles. The van der Waals surface area contributed by atoms with E-state index in [1.54, 1.807) is 36.1 Å². The molecule has 1 aliphatic heterocycles. The molecule has 0 N–H and O–H groups in total. The van der Waals surface area contributed by atoms with E-state index in [0.717, 1.165) is 0 Å². The van der Waals surface area contributed by atoms with E-state index in [9.17, 15) is 14.4 Å². The van der Waals surface area contributed by atoms with Gasteiger partial charge in [-0.1, -0.05) is 18.2 Å². The highest BCUT2D eigenvalue weighted by Crippen LogP contribution is 2.15. The number of rotatable bonds is 4. The first-order valence-electron chi connectivity index (χ1n) is 9.01. The predicted octanol–water partition coefficient (Wildman–Crippen LogP) is 1.21. The lowest BCUT2D eigenvalue weighted by molar-refractivity contribution is -0.146. The van der Waals surface area contributed by atoms with E-state index in [-0.39, 0.29) is 36.0 Å². The lowest BCUT2D eigenvalue weighted by Crippen LogP contribution is -2.49. The van der Waals surface area contributed by atoms with Gasteiger partial charge >= 0.3 is 5.97 Å². The van der Waals surface area contributed by atoms with E-state index in [1.165, 1.54) is 4.68 Å². The van der Waals surface area contributed by atoms with Crippen molar-refractivity contribution >= 4 is 22.6 Å². The minimum absolute atomic E-state index is 0.0311. The third-order valence-corrected chi connectivity index (χ3v) is 4.46. The molecule has 144 valence electrons. The highest BCUT2D eigenvalue weighted by atomic mass is 16.5. The lowest BCUT2D eigenvalue weighted by atomic mass is 10.1. The molecule has 1 aromatic carbocycles. The maximum Gasteiger partial charge on any atom is 0.359 e. The molecule has 1 amide bonds. The highest BCUT2D eigenvalue weighted by molar-refractivity contribution is 6.02. The van der Waals surface area contributed by atoms with Crippen LogP contribution in [0.3, 0.4) is 0 Å². The molecule has 8 nitrogen and oxygen atoms in total. The van der Waals surface area contributed by atoms with E-state index < -0.39 is 5.97 Å². The number of amides is 1. The standard InChI is InChI=1S/C19H23N3O5/c1-4-22-18(24)15-8-6-5-7-14(15)17(20-22)19(25)26-11-16(23)21-9-12(2)27-13(3)10-21/h5-8,12-13H,4,9-11H2,1-3H3/t12-,13+. The summed E-state index contributed by atoms with van der Waals surface area (Å²) < 4.78 is 12.0. The van der Waals surface area contributed by atoms with Gasteiger partial charge in [-0.05, 0) is 26.8 Å². The van der Waals surface area contributed by atoms with Crippen LogP contribution in [0.1, 0.15) is 31.3 Å². The molecule has 2 heterocycles. The average molecular weight is 373 g/mol. The summed E-state index contributed by atoms with van der Waals surface area (Å²) in [5, 5.41) is 4.93. The van der Waals surface area contributed by atoms with Crippen molar-refractivity contribution in [2.75, 3.05) is 19.7 Å². The van der Waals surface area contributed by atoms with Crippen LogP contribution in [-0.4, -0.2) is 58.5 Å². The van der Waals surface area contributed by atoms with Crippen molar-refractivity contribution < 1.29 is 19.1 Å². The van der Waals surface area contributed by atoms with E-state index in [4.69, 9.17) is 9.47 Å². The van der Waals surface area contributed by atoms with Gasteiger partial charge in [0.25, 0.3) is 11.5 Å². The van der Waals surface area contributed by atoms with Gasteiger partial charge in [0.15, 0.2) is 12.3 Å². The maximum absolute atomic E-state index is 12.6. The summed E-state index contributed by atoms with van der Waals surface area (Å²) >= 11 is 0. The van der Waals surface area contributed by atoms with Crippen molar-refractivity contribution in [3.05, 3.63) is 40.3 Å². The zero-order chi connectivity index (χ0) is 19.6. The Morgan fingerprint density at radius 2 is 1.81 bits per heavy atom. The number of carbonyl (C=O) groups excluding carboxylic acids is 2. The number of hydrogen-bond donors (Lipinski definition) is 0. The number of aromatic nitrogens is 2. The molecule has 0 radical (unpaired) electrons. The SMILES string of the molecule is CCn1nc(C(=O)OCC(=O)N2C[C@@H](C)O[C@@H](C)C2)c2ccccc2c1=O. The van der Waals surface area contributed by atoms with Gasteiger partial charge in [-0.15, -0.1) is 0 Å². The minimum atomic E-state index is -0.726. The molecule has 0 saturated carbocycles. The van der Waals surface area contributed by atoms with Crippen LogP contribution >= 0.6 is 0 Å². The number of ether oxygens (including phenoxy) is 2. The van der Waals surface area contributed by atoms with Crippen LogP contribution in [0, 0.1) is 0 Å². The van der Waals surface area contributed by atoms with Gasteiger partial charge in [-0.25, -0.2) is 9.48 Å². The second-order valence-electron chi connectivity index (χ2n) is 6.65. The Bertz CT molecular complexity index is 913. The summed E-state index contributed by atoms with van der Waals surface area (Å²) in [6.45, 7) is 6.43. The number of benzene rings is 1. The summed E-state index contributed by atoms with van der Waals surface area (Å²) in [5.41, 5.74) is -0.236. The van der Waals surface area contributed by atoms with Gasteiger partial charge in [-0.3, -0.25) is 9.59 Å². The van der Waals surface area contributed by atoms with E-state index >= 15 is 0 Å². The Morgan fingerprint density at radius 1 is 1.19 bits per heavy atom. The number of aryl methyl sites for hydroxylation is 1. The summed E-state index contributed by atoms with van der Waals surface area (Å²) in [5.74, 6) is -1.01. The number of morpholine rings is 1. The smallest absolute Gasteiger partial charge is 0.359 e. The third kappa shape index (κ3) is 4.00. The Labute approximate surface area is 156 Å². The Kier molecular flexibility index (Phi) is 5.55. The number of nitrogens with zero attached hydrogens (tertiary/aromatic N) is 3. The molecule has 0 unspecified atom stereocenters. The van der Waals surface area contributed by atoms with Crippen LogP contribution in [0.15, 0.2) is 29.1 Å². The molecule has 0 aliphatic carbocycles. The van der Waals surface area contributed by atoms with E-state index in [2.05, 4.69) is 5.10 Å². The number of esters is 1. The summed E-state index contributed by atoms with van der Waals surface area (Å²) in [6, 6.07) is 6.73. The second kappa shape index (κ2) is 7.87. The summed E-state index contributed by atoms with van der Waals surface area (Å²) in [6.07, 6.45) is -0.126. The van der Waals surface area contributed by atoms with Crippen LogP contribution < -0.4 is 5.56 Å². The van der Waals surface area contributed by atoms with E-state index in [0.29, 0.717) is 30.4 Å². The molecule has 3 rings (SSSR count). The average Bonchev–Trinajstić information content (AvgIpc) is 2.65. The van der Waals surface area contributed by atoms with Crippen LogP contribution in [0.4, 0.5) is 0 Å². The monoisotopic (exact) mass is 373 g/mol. The number of fused-ring (bicyclic) bond motifs is 1. The zero-order valence-corrected chi connectivity index (χ0v) is 15.7. The lowest BCUT2D eigenvalue weighted by Gasteiger charge is -2.35. The van der Waals surface area contributed by atoms with Crippen molar-refractivity contribution in [2.24, 2.45) is 0 Å². The van der Waals surface area contributed by atoms with Gasteiger partial charge in [0.05, 0.1) is 17.6 Å². The van der Waals surface area contributed by atoms with Crippen LogP contribution in [0.2, 0.25) is 0 Å². The Morgan fingerprint density at radius 3 is 2.44 bits per heavy atom. The first-order chi connectivity index (χ1) is 12.9. The Hall–Kier alpha value is -2.74. The molecule has 1 aliphatic rings. The van der Waals surface area contributed by atoms with Gasteiger partial charge in [0.1, 0.15) is 0 Å². The van der Waals surface area contributed by atoms with Crippen molar-refractivity contribution in [2.45, 2.75) is 39.5 Å². The fourth-order valence-electron chi connectivity index (χ4n) is 3.27. The molecular formula is C19H23N3O5. The number of carbonyl (C=O) groups is 2. The highest BCUT2D eigenvalue weighted by Gasteiger charge is 2.27. The molecule has 2 atom stereocenters. The summed E-state index contributed by atoms with van der Waals surface area (Å²) in [7, 11) is 0. The van der Waals surface area contributed by atoms with Gasteiger partial charge in [-0.2, -0.15) is 5.10 Å². The summed E-state index contributed by atoms with van der Waals surface area (Å²) in [4.78, 5) is 38.9. The zero-order valence-electron chi connectivity index (χ0n) is 15.7. The van der Waals surface area contributed by atoms with Crippen molar-refractivity contribution in [1.29, 1.82) is 0 Å². The first kappa shape index (κ1) is 19.0.